The Kier molecular flexibility index (Phi) is 7.63. The maximum Gasteiger partial charge on any atom is 0.244 e. The topological polar surface area (TPSA) is 79.0 Å². The van der Waals surface area contributed by atoms with Crippen LogP contribution in [0.15, 0.2) is 36.4 Å². The van der Waals surface area contributed by atoms with Crippen molar-refractivity contribution in [3.05, 3.63) is 42.0 Å². The fourth-order valence-electron chi connectivity index (χ4n) is 4.06. The zero-order chi connectivity index (χ0) is 21.5. The van der Waals surface area contributed by atoms with Crippen LogP contribution in [0.1, 0.15) is 32.3 Å². The van der Waals surface area contributed by atoms with Crippen molar-refractivity contribution in [2.24, 2.45) is 5.92 Å². The standard InChI is InChI=1S/C23H31N3O4/c1-17-15-26(16-18(2)30-17)23(29)20-10-12-25(13-11-20)22(28)14-24-21(27)9-8-19-6-4-3-5-7-19/h3-9,17-18,20H,10-16H2,1-2H3,(H,24,27)/b9-8+. The van der Waals surface area contributed by atoms with Crippen molar-refractivity contribution in [3.63, 3.8) is 0 Å². The number of likely N-dealkylation sites (tertiary alicyclic amines) is 1. The number of piperidine rings is 1. The Balaban J connectivity index is 1.40. The van der Waals surface area contributed by atoms with Crippen LogP contribution in [0, 0.1) is 5.92 Å². The third kappa shape index (κ3) is 6.16. The zero-order valence-electron chi connectivity index (χ0n) is 17.8. The van der Waals surface area contributed by atoms with Gasteiger partial charge in [0.05, 0.1) is 18.8 Å². The number of nitrogens with zero attached hydrogens (tertiary/aromatic N) is 2. The van der Waals surface area contributed by atoms with E-state index in [2.05, 4.69) is 5.32 Å². The van der Waals surface area contributed by atoms with E-state index in [0.717, 1.165) is 5.56 Å². The van der Waals surface area contributed by atoms with Gasteiger partial charge in [-0.05, 0) is 38.3 Å². The highest BCUT2D eigenvalue weighted by atomic mass is 16.5. The molecule has 2 aliphatic heterocycles. The summed E-state index contributed by atoms with van der Waals surface area (Å²) in [6, 6.07) is 9.51. The normalized spacial score (nSPS) is 22.9. The van der Waals surface area contributed by atoms with Gasteiger partial charge in [-0.25, -0.2) is 0 Å². The quantitative estimate of drug-likeness (QED) is 0.745. The molecule has 0 saturated carbocycles. The van der Waals surface area contributed by atoms with Crippen molar-refractivity contribution in [1.82, 2.24) is 15.1 Å². The number of morpholine rings is 1. The molecule has 7 heteroatoms. The molecule has 1 N–H and O–H groups in total. The first-order valence-corrected chi connectivity index (χ1v) is 10.7. The zero-order valence-corrected chi connectivity index (χ0v) is 17.8. The van der Waals surface area contributed by atoms with Crippen molar-refractivity contribution in [1.29, 1.82) is 0 Å². The summed E-state index contributed by atoms with van der Waals surface area (Å²) < 4.78 is 5.70. The number of carbonyl (C=O) groups is 3. The molecule has 7 nitrogen and oxygen atoms in total. The van der Waals surface area contributed by atoms with E-state index >= 15 is 0 Å². The van der Waals surface area contributed by atoms with E-state index in [0.29, 0.717) is 39.0 Å². The molecule has 2 saturated heterocycles. The first-order chi connectivity index (χ1) is 14.4. The largest absolute Gasteiger partial charge is 0.372 e. The summed E-state index contributed by atoms with van der Waals surface area (Å²) in [5.41, 5.74) is 0.926. The van der Waals surface area contributed by atoms with Gasteiger partial charge in [0, 0.05) is 38.2 Å². The van der Waals surface area contributed by atoms with Crippen LogP contribution >= 0.6 is 0 Å². The summed E-state index contributed by atoms with van der Waals surface area (Å²) in [6.07, 6.45) is 4.57. The monoisotopic (exact) mass is 413 g/mol. The lowest BCUT2D eigenvalue weighted by Crippen LogP contribution is -2.52. The van der Waals surface area contributed by atoms with Gasteiger partial charge in [0.1, 0.15) is 0 Å². The Morgan fingerprint density at radius 3 is 2.30 bits per heavy atom. The van der Waals surface area contributed by atoms with Gasteiger partial charge in [-0.1, -0.05) is 30.3 Å². The van der Waals surface area contributed by atoms with Gasteiger partial charge in [0.25, 0.3) is 0 Å². The number of nitrogens with one attached hydrogen (secondary N) is 1. The predicted octanol–water partition coefficient (Wildman–Crippen LogP) is 1.69. The minimum Gasteiger partial charge on any atom is -0.372 e. The summed E-state index contributed by atoms with van der Waals surface area (Å²) in [7, 11) is 0. The minimum absolute atomic E-state index is 0.0327. The Bertz CT molecular complexity index is 762. The smallest absolute Gasteiger partial charge is 0.244 e. The highest BCUT2D eigenvalue weighted by Crippen LogP contribution is 2.22. The third-order valence-corrected chi connectivity index (χ3v) is 5.57. The van der Waals surface area contributed by atoms with Crippen molar-refractivity contribution < 1.29 is 19.1 Å². The average Bonchev–Trinajstić information content (AvgIpc) is 2.75. The van der Waals surface area contributed by atoms with Crippen LogP contribution in [0.25, 0.3) is 6.08 Å². The van der Waals surface area contributed by atoms with Gasteiger partial charge in [-0.3, -0.25) is 14.4 Å². The molecule has 2 atom stereocenters. The van der Waals surface area contributed by atoms with Crippen LogP contribution in [0.2, 0.25) is 0 Å². The molecule has 2 heterocycles. The predicted molar refractivity (Wildman–Crippen MR) is 114 cm³/mol. The summed E-state index contributed by atoms with van der Waals surface area (Å²) in [5, 5.41) is 2.64. The molecular formula is C23H31N3O4. The van der Waals surface area contributed by atoms with E-state index in [9.17, 15) is 14.4 Å². The molecular weight excluding hydrogens is 382 g/mol. The van der Waals surface area contributed by atoms with Crippen LogP contribution in [0.4, 0.5) is 0 Å². The molecule has 0 aromatic heterocycles. The Morgan fingerprint density at radius 1 is 1.03 bits per heavy atom. The van der Waals surface area contributed by atoms with E-state index in [1.54, 1.807) is 11.0 Å². The Hall–Kier alpha value is -2.67. The second kappa shape index (κ2) is 10.4. The minimum atomic E-state index is -0.298. The molecule has 3 rings (SSSR count). The van der Waals surface area contributed by atoms with E-state index in [4.69, 9.17) is 4.74 Å². The first-order valence-electron chi connectivity index (χ1n) is 10.7. The van der Waals surface area contributed by atoms with Gasteiger partial charge in [0.2, 0.25) is 17.7 Å². The Morgan fingerprint density at radius 2 is 1.67 bits per heavy atom. The maximum atomic E-state index is 12.8. The van der Waals surface area contributed by atoms with E-state index in [-0.39, 0.29) is 42.4 Å². The SMILES string of the molecule is CC1CN(C(=O)C2CCN(C(=O)CNC(=O)/C=C/c3ccccc3)CC2)CC(C)O1. The highest BCUT2D eigenvalue weighted by molar-refractivity contribution is 5.94. The second-order valence-electron chi connectivity index (χ2n) is 8.12. The summed E-state index contributed by atoms with van der Waals surface area (Å²) in [6.45, 7) is 6.28. The van der Waals surface area contributed by atoms with Crippen LogP contribution < -0.4 is 5.32 Å². The summed E-state index contributed by atoms with van der Waals surface area (Å²) in [4.78, 5) is 40.8. The number of hydrogen-bond donors (Lipinski definition) is 1. The van der Waals surface area contributed by atoms with Crippen LogP contribution in [0.5, 0.6) is 0 Å². The molecule has 162 valence electrons. The molecule has 30 heavy (non-hydrogen) atoms. The van der Waals surface area contributed by atoms with Crippen molar-refractivity contribution >= 4 is 23.8 Å². The molecule has 1 aromatic carbocycles. The lowest BCUT2D eigenvalue weighted by atomic mass is 9.94. The van der Waals surface area contributed by atoms with Crippen LogP contribution in [-0.4, -0.2) is 72.5 Å². The van der Waals surface area contributed by atoms with Gasteiger partial charge in [-0.15, -0.1) is 0 Å². The molecule has 2 unspecified atom stereocenters. The number of rotatable bonds is 5. The van der Waals surface area contributed by atoms with Crippen molar-refractivity contribution in [3.8, 4) is 0 Å². The van der Waals surface area contributed by atoms with E-state index < -0.39 is 0 Å². The maximum absolute atomic E-state index is 12.8. The number of benzene rings is 1. The summed E-state index contributed by atoms with van der Waals surface area (Å²) >= 11 is 0. The molecule has 0 bridgehead atoms. The van der Waals surface area contributed by atoms with Gasteiger partial charge in [-0.2, -0.15) is 0 Å². The third-order valence-electron chi connectivity index (χ3n) is 5.57. The fraction of sp³-hybridized carbons (Fsp3) is 0.522. The second-order valence-corrected chi connectivity index (χ2v) is 8.12. The van der Waals surface area contributed by atoms with Crippen molar-refractivity contribution in [2.75, 3.05) is 32.7 Å². The molecule has 0 aliphatic carbocycles. The van der Waals surface area contributed by atoms with Gasteiger partial charge >= 0.3 is 0 Å². The number of hydrogen-bond acceptors (Lipinski definition) is 4. The number of carbonyl (C=O) groups excluding carboxylic acids is 3. The lowest BCUT2D eigenvalue weighted by Gasteiger charge is -2.39. The Labute approximate surface area is 178 Å². The first kappa shape index (κ1) is 22.0. The van der Waals surface area contributed by atoms with Crippen LogP contribution in [0.3, 0.4) is 0 Å². The molecule has 2 fully saturated rings. The molecule has 2 aliphatic rings. The van der Waals surface area contributed by atoms with Gasteiger partial charge in [0.15, 0.2) is 0 Å². The fourth-order valence-corrected chi connectivity index (χ4v) is 4.06. The highest BCUT2D eigenvalue weighted by Gasteiger charge is 2.33. The average molecular weight is 414 g/mol. The molecule has 3 amide bonds. The summed E-state index contributed by atoms with van der Waals surface area (Å²) in [5.74, 6) is -0.290. The molecule has 0 radical (unpaired) electrons. The number of ether oxygens (including phenoxy) is 1. The van der Waals surface area contributed by atoms with E-state index in [1.807, 2.05) is 49.1 Å². The van der Waals surface area contributed by atoms with Crippen molar-refractivity contribution in [2.45, 2.75) is 38.9 Å². The molecule has 1 aromatic rings. The van der Waals surface area contributed by atoms with Crippen LogP contribution in [-0.2, 0) is 19.1 Å². The van der Waals surface area contributed by atoms with Gasteiger partial charge < -0.3 is 19.9 Å². The number of amides is 3. The van der Waals surface area contributed by atoms with E-state index in [1.165, 1.54) is 6.08 Å². The lowest BCUT2D eigenvalue weighted by molar-refractivity contribution is -0.150. The molecule has 0 spiro atoms.